The molecule has 0 aliphatic carbocycles. The predicted octanol–water partition coefficient (Wildman–Crippen LogP) is 7.24. The van der Waals surface area contributed by atoms with Gasteiger partial charge in [-0.25, -0.2) is 0 Å². The van der Waals surface area contributed by atoms with Crippen molar-refractivity contribution in [2.45, 2.75) is 78.1 Å². The summed E-state index contributed by atoms with van der Waals surface area (Å²) in [4.78, 5) is 4.65. The maximum absolute atomic E-state index is 5.85. The third-order valence-corrected chi connectivity index (χ3v) is 5.14. The summed E-state index contributed by atoms with van der Waals surface area (Å²) in [6.45, 7) is 6.93. The summed E-state index contributed by atoms with van der Waals surface area (Å²) in [5, 5.41) is 0. The first kappa shape index (κ1) is 23.4. The van der Waals surface area contributed by atoms with E-state index in [2.05, 4.69) is 43.1 Å². The molecule has 0 bridgehead atoms. The number of benzene rings is 1. The number of rotatable bonds is 16. The van der Waals surface area contributed by atoms with E-state index in [0.717, 1.165) is 56.1 Å². The molecule has 0 radical (unpaired) electrons. The van der Waals surface area contributed by atoms with Gasteiger partial charge in [0.05, 0.1) is 12.3 Å². The topological polar surface area (TPSA) is 31.4 Å². The van der Waals surface area contributed by atoms with E-state index in [1.54, 1.807) is 0 Å². The van der Waals surface area contributed by atoms with Gasteiger partial charge in [0, 0.05) is 25.0 Å². The number of aryl methyl sites for hydroxylation is 1. The molecular formula is C26H39NO2. The van der Waals surface area contributed by atoms with Crippen molar-refractivity contribution in [3.05, 3.63) is 48.2 Å². The van der Waals surface area contributed by atoms with Crippen LogP contribution >= 0.6 is 0 Å². The Hall–Kier alpha value is -1.87. The van der Waals surface area contributed by atoms with Gasteiger partial charge in [-0.05, 0) is 68.0 Å². The van der Waals surface area contributed by atoms with Crippen LogP contribution in [0.25, 0.3) is 11.3 Å². The number of aromatic nitrogens is 1. The first-order chi connectivity index (χ1) is 14.3. The third kappa shape index (κ3) is 9.94. The fourth-order valence-electron chi connectivity index (χ4n) is 3.27. The lowest BCUT2D eigenvalue weighted by molar-refractivity contribution is 0.123. The van der Waals surface area contributed by atoms with Gasteiger partial charge in [-0.1, -0.05) is 52.0 Å². The molecule has 0 saturated carbocycles. The molecule has 0 aliphatic heterocycles. The number of unbranched alkanes of at least 4 members (excludes halogenated alkanes) is 6. The summed E-state index contributed by atoms with van der Waals surface area (Å²) in [7, 11) is 0. The fourth-order valence-corrected chi connectivity index (χ4v) is 3.27. The zero-order valence-corrected chi connectivity index (χ0v) is 18.5. The first-order valence-corrected chi connectivity index (χ1v) is 11.6. The van der Waals surface area contributed by atoms with Crippen molar-refractivity contribution in [1.82, 2.24) is 4.98 Å². The number of hydrogen-bond donors (Lipinski definition) is 0. The second kappa shape index (κ2) is 15.0. The van der Waals surface area contributed by atoms with E-state index in [0.29, 0.717) is 0 Å². The number of ether oxygens (including phenoxy) is 2. The molecule has 160 valence electrons. The standard InChI is InChI=1S/C26H39NO2/c1-3-5-7-8-12-23-13-18-26(27-22-23)24-14-16-25(17-15-24)29-21-11-10-20-28-19-9-6-4-2/h13-18,22H,3-12,19-21H2,1-2H3. The van der Waals surface area contributed by atoms with Crippen molar-refractivity contribution in [2.24, 2.45) is 0 Å². The summed E-state index contributed by atoms with van der Waals surface area (Å²) in [6.07, 6.45) is 14.1. The lowest BCUT2D eigenvalue weighted by Gasteiger charge is -2.08. The van der Waals surface area contributed by atoms with Crippen molar-refractivity contribution in [3.63, 3.8) is 0 Å². The van der Waals surface area contributed by atoms with Crippen LogP contribution in [0.1, 0.15) is 77.2 Å². The monoisotopic (exact) mass is 397 g/mol. The summed E-state index contributed by atoms with van der Waals surface area (Å²) in [6, 6.07) is 12.6. The van der Waals surface area contributed by atoms with E-state index in [1.165, 1.54) is 50.5 Å². The minimum absolute atomic E-state index is 0.739. The van der Waals surface area contributed by atoms with Crippen LogP contribution in [0, 0.1) is 0 Å². The lowest BCUT2D eigenvalue weighted by Crippen LogP contribution is -2.01. The van der Waals surface area contributed by atoms with E-state index < -0.39 is 0 Å². The fraction of sp³-hybridized carbons (Fsp3) is 0.577. The van der Waals surface area contributed by atoms with Gasteiger partial charge < -0.3 is 9.47 Å². The van der Waals surface area contributed by atoms with Gasteiger partial charge in [0.15, 0.2) is 0 Å². The van der Waals surface area contributed by atoms with Crippen LogP contribution in [0.4, 0.5) is 0 Å². The van der Waals surface area contributed by atoms with Crippen LogP contribution in [-0.4, -0.2) is 24.8 Å². The Balaban J connectivity index is 1.65. The van der Waals surface area contributed by atoms with Gasteiger partial charge in [-0.2, -0.15) is 0 Å². The van der Waals surface area contributed by atoms with Crippen LogP contribution in [-0.2, 0) is 11.2 Å². The molecule has 0 unspecified atom stereocenters. The van der Waals surface area contributed by atoms with Crippen molar-refractivity contribution in [2.75, 3.05) is 19.8 Å². The largest absolute Gasteiger partial charge is 0.494 e. The summed E-state index contributed by atoms with van der Waals surface area (Å²) in [5.41, 5.74) is 3.49. The van der Waals surface area contributed by atoms with Gasteiger partial charge in [-0.15, -0.1) is 0 Å². The van der Waals surface area contributed by atoms with E-state index in [4.69, 9.17) is 9.47 Å². The van der Waals surface area contributed by atoms with Gasteiger partial charge >= 0.3 is 0 Å². The Morgan fingerprint density at radius 2 is 1.38 bits per heavy atom. The Bertz CT molecular complexity index is 637. The second-order valence-electron chi connectivity index (χ2n) is 7.76. The van der Waals surface area contributed by atoms with Gasteiger partial charge in [0.1, 0.15) is 5.75 Å². The predicted molar refractivity (Wildman–Crippen MR) is 123 cm³/mol. The Kier molecular flexibility index (Phi) is 12.1. The normalized spacial score (nSPS) is 11.0. The van der Waals surface area contributed by atoms with Crippen LogP contribution in [0.5, 0.6) is 5.75 Å². The first-order valence-electron chi connectivity index (χ1n) is 11.6. The highest BCUT2D eigenvalue weighted by Gasteiger charge is 2.02. The zero-order valence-electron chi connectivity index (χ0n) is 18.5. The highest BCUT2D eigenvalue weighted by Crippen LogP contribution is 2.21. The number of pyridine rings is 1. The molecule has 29 heavy (non-hydrogen) atoms. The van der Waals surface area contributed by atoms with Crippen molar-refractivity contribution < 1.29 is 9.47 Å². The molecular weight excluding hydrogens is 358 g/mol. The maximum atomic E-state index is 5.85. The van der Waals surface area contributed by atoms with Gasteiger partial charge in [0.25, 0.3) is 0 Å². The van der Waals surface area contributed by atoms with E-state index in [-0.39, 0.29) is 0 Å². The molecule has 0 spiro atoms. The molecule has 0 amide bonds. The van der Waals surface area contributed by atoms with E-state index in [9.17, 15) is 0 Å². The third-order valence-electron chi connectivity index (χ3n) is 5.14. The van der Waals surface area contributed by atoms with Crippen molar-refractivity contribution in [3.8, 4) is 17.0 Å². The highest BCUT2D eigenvalue weighted by molar-refractivity contribution is 5.60. The molecule has 1 aromatic heterocycles. The molecule has 2 aromatic rings. The average molecular weight is 398 g/mol. The Morgan fingerprint density at radius 3 is 2.07 bits per heavy atom. The SMILES string of the molecule is CCCCCCc1ccc(-c2ccc(OCCCCOCCCCC)cc2)nc1. The molecule has 3 nitrogen and oxygen atoms in total. The Labute approximate surface area is 177 Å². The Morgan fingerprint density at radius 1 is 0.690 bits per heavy atom. The molecule has 0 aliphatic rings. The second-order valence-corrected chi connectivity index (χ2v) is 7.76. The van der Waals surface area contributed by atoms with E-state index >= 15 is 0 Å². The molecule has 0 fully saturated rings. The smallest absolute Gasteiger partial charge is 0.119 e. The van der Waals surface area contributed by atoms with Crippen molar-refractivity contribution >= 4 is 0 Å². The van der Waals surface area contributed by atoms with Crippen LogP contribution in [0.15, 0.2) is 42.6 Å². The molecule has 0 atom stereocenters. The highest BCUT2D eigenvalue weighted by atomic mass is 16.5. The van der Waals surface area contributed by atoms with Gasteiger partial charge in [0.2, 0.25) is 0 Å². The van der Waals surface area contributed by atoms with Crippen LogP contribution in [0.2, 0.25) is 0 Å². The quantitative estimate of drug-likeness (QED) is 0.280. The minimum Gasteiger partial charge on any atom is -0.494 e. The summed E-state index contributed by atoms with van der Waals surface area (Å²) < 4.78 is 11.5. The minimum atomic E-state index is 0.739. The molecule has 0 N–H and O–H groups in total. The lowest BCUT2D eigenvalue weighted by atomic mass is 10.1. The maximum Gasteiger partial charge on any atom is 0.119 e. The molecule has 2 rings (SSSR count). The molecule has 1 aromatic carbocycles. The summed E-state index contributed by atoms with van der Waals surface area (Å²) >= 11 is 0. The zero-order chi connectivity index (χ0) is 20.6. The van der Waals surface area contributed by atoms with Gasteiger partial charge in [-0.3, -0.25) is 4.98 Å². The molecule has 0 saturated heterocycles. The van der Waals surface area contributed by atoms with Crippen molar-refractivity contribution in [1.29, 1.82) is 0 Å². The van der Waals surface area contributed by atoms with Crippen LogP contribution < -0.4 is 4.74 Å². The van der Waals surface area contributed by atoms with Crippen LogP contribution in [0.3, 0.4) is 0 Å². The number of hydrogen-bond acceptors (Lipinski definition) is 3. The molecule has 3 heteroatoms. The van der Waals surface area contributed by atoms with E-state index in [1.807, 2.05) is 18.3 Å². The molecule has 1 heterocycles. The number of nitrogens with zero attached hydrogens (tertiary/aromatic N) is 1. The summed E-state index contributed by atoms with van der Waals surface area (Å²) in [5.74, 6) is 0.921. The average Bonchev–Trinajstić information content (AvgIpc) is 2.76.